The number of nitriles is 1. The van der Waals surface area contributed by atoms with Crippen LogP contribution in [0.1, 0.15) is 15.9 Å². The molecule has 0 bridgehead atoms. The zero-order chi connectivity index (χ0) is 24.8. The monoisotopic (exact) mass is 499 g/mol. The molecule has 4 rings (SSSR count). The van der Waals surface area contributed by atoms with E-state index in [2.05, 4.69) is 11.4 Å². The second kappa shape index (κ2) is 10.5. The van der Waals surface area contributed by atoms with Crippen molar-refractivity contribution < 1.29 is 13.2 Å². The topological polar surface area (TPSA) is 90.3 Å². The number of hydrogen-bond donors (Lipinski definition) is 1. The lowest BCUT2D eigenvalue weighted by atomic mass is 10.2. The Morgan fingerprint density at radius 3 is 2.26 bits per heavy atom. The summed E-state index contributed by atoms with van der Waals surface area (Å²) < 4.78 is 27.5. The molecule has 0 saturated carbocycles. The summed E-state index contributed by atoms with van der Waals surface area (Å²) in [7, 11) is -2.34. The summed E-state index contributed by atoms with van der Waals surface area (Å²) in [6.45, 7) is 0. The predicted molar refractivity (Wildman–Crippen MR) is 138 cm³/mol. The Morgan fingerprint density at radius 2 is 1.51 bits per heavy atom. The van der Waals surface area contributed by atoms with Gasteiger partial charge in [-0.05, 0) is 54.6 Å². The van der Waals surface area contributed by atoms with Gasteiger partial charge in [0.15, 0.2) is 0 Å². The second-order valence-electron chi connectivity index (χ2n) is 7.50. The molecule has 1 N–H and O–H groups in total. The van der Waals surface area contributed by atoms with Crippen molar-refractivity contribution in [2.24, 2.45) is 0 Å². The van der Waals surface area contributed by atoms with E-state index in [-0.39, 0.29) is 10.8 Å². The van der Waals surface area contributed by atoms with Gasteiger partial charge in [0, 0.05) is 22.5 Å². The molecule has 0 aliphatic heterocycles. The predicted octanol–water partition coefficient (Wildman–Crippen LogP) is 5.79. The third-order valence-corrected chi connectivity index (χ3v) is 8.16. The van der Waals surface area contributed by atoms with Crippen LogP contribution in [0.2, 0.25) is 0 Å². The Balaban J connectivity index is 1.58. The standard InChI is InChI=1S/C27H21N3O3S2/c1-30(22-12-3-2-4-13-22)35(32,33)23-14-9-11-21(18-23)29-27(31)24-15-6-8-17-26(24)34-25-16-7-5-10-20(25)19-28/h2-18H,1H3,(H,29,31). The first-order chi connectivity index (χ1) is 16.9. The van der Waals surface area contributed by atoms with Crippen LogP contribution >= 0.6 is 11.8 Å². The molecule has 35 heavy (non-hydrogen) atoms. The lowest BCUT2D eigenvalue weighted by molar-refractivity contribution is 0.102. The summed E-state index contributed by atoms with van der Waals surface area (Å²) >= 11 is 1.33. The highest BCUT2D eigenvalue weighted by atomic mass is 32.2. The Labute approximate surface area is 208 Å². The number of sulfonamides is 1. The molecule has 174 valence electrons. The number of carbonyl (C=O) groups excluding carboxylic acids is 1. The van der Waals surface area contributed by atoms with Crippen LogP contribution in [0, 0.1) is 11.3 Å². The number of rotatable bonds is 7. The highest BCUT2D eigenvalue weighted by Gasteiger charge is 2.22. The van der Waals surface area contributed by atoms with E-state index in [1.807, 2.05) is 30.3 Å². The van der Waals surface area contributed by atoms with Crippen LogP contribution in [0.4, 0.5) is 11.4 Å². The van der Waals surface area contributed by atoms with E-state index in [4.69, 9.17) is 0 Å². The van der Waals surface area contributed by atoms with Gasteiger partial charge in [-0.3, -0.25) is 9.10 Å². The van der Waals surface area contributed by atoms with Crippen molar-refractivity contribution in [2.45, 2.75) is 14.7 Å². The van der Waals surface area contributed by atoms with E-state index in [9.17, 15) is 18.5 Å². The number of anilines is 2. The molecular weight excluding hydrogens is 478 g/mol. The minimum atomic E-state index is -3.82. The first-order valence-corrected chi connectivity index (χ1v) is 12.9. The number of para-hydroxylation sites is 1. The molecule has 6 nitrogen and oxygen atoms in total. The highest BCUT2D eigenvalue weighted by Crippen LogP contribution is 2.33. The van der Waals surface area contributed by atoms with Crippen molar-refractivity contribution in [2.75, 3.05) is 16.7 Å². The molecule has 0 unspecified atom stereocenters. The van der Waals surface area contributed by atoms with Gasteiger partial charge in [-0.1, -0.05) is 60.3 Å². The lowest BCUT2D eigenvalue weighted by Gasteiger charge is -2.20. The number of benzene rings is 4. The number of nitrogens with zero attached hydrogens (tertiary/aromatic N) is 2. The van der Waals surface area contributed by atoms with E-state index in [1.54, 1.807) is 60.7 Å². The molecule has 4 aromatic rings. The van der Waals surface area contributed by atoms with Crippen LogP contribution in [0.5, 0.6) is 0 Å². The van der Waals surface area contributed by atoms with Crippen LogP contribution in [0.25, 0.3) is 0 Å². The first kappa shape index (κ1) is 24.1. The Hall–Kier alpha value is -4.06. The van der Waals surface area contributed by atoms with Crippen molar-refractivity contribution in [1.82, 2.24) is 0 Å². The maximum absolute atomic E-state index is 13.1. The minimum absolute atomic E-state index is 0.0623. The zero-order valence-electron chi connectivity index (χ0n) is 18.8. The fourth-order valence-corrected chi connectivity index (χ4v) is 5.64. The summed E-state index contributed by atoms with van der Waals surface area (Å²) in [5.41, 5.74) is 1.83. The third kappa shape index (κ3) is 5.38. The summed E-state index contributed by atoms with van der Waals surface area (Å²) in [5, 5.41) is 12.2. The van der Waals surface area contributed by atoms with Gasteiger partial charge in [0.1, 0.15) is 6.07 Å². The van der Waals surface area contributed by atoms with E-state index in [0.29, 0.717) is 27.4 Å². The molecule has 4 aromatic carbocycles. The van der Waals surface area contributed by atoms with Crippen molar-refractivity contribution in [3.05, 3.63) is 114 Å². The average Bonchev–Trinajstić information content (AvgIpc) is 2.89. The maximum Gasteiger partial charge on any atom is 0.264 e. The van der Waals surface area contributed by atoms with Gasteiger partial charge in [0.05, 0.1) is 21.7 Å². The van der Waals surface area contributed by atoms with E-state index < -0.39 is 10.0 Å². The fourth-order valence-electron chi connectivity index (χ4n) is 3.38. The average molecular weight is 500 g/mol. The minimum Gasteiger partial charge on any atom is -0.322 e. The molecule has 1 amide bonds. The molecular formula is C27H21N3O3S2. The smallest absolute Gasteiger partial charge is 0.264 e. The highest BCUT2D eigenvalue weighted by molar-refractivity contribution is 7.99. The summed E-state index contributed by atoms with van der Waals surface area (Å²) in [6.07, 6.45) is 0. The molecule has 0 aliphatic carbocycles. The van der Waals surface area contributed by atoms with Gasteiger partial charge in [-0.2, -0.15) is 5.26 Å². The van der Waals surface area contributed by atoms with E-state index >= 15 is 0 Å². The Bertz CT molecular complexity index is 1510. The molecule has 8 heteroatoms. The van der Waals surface area contributed by atoms with E-state index in [1.165, 1.54) is 35.2 Å². The van der Waals surface area contributed by atoms with E-state index in [0.717, 1.165) is 4.90 Å². The summed E-state index contributed by atoms with van der Waals surface area (Å²) in [6, 6.07) is 31.3. The number of nitrogens with one attached hydrogen (secondary N) is 1. The van der Waals surface area contributed by atoms with Gasteiger partial charge in [0.2, 0.25) is 0 Å². The van der Waals surface area contributed by atoms with Gasteiger partial charge in [0.25, 0.3) is 15.9 Å². The summed E-state index contributed by atoms with van der Waals surface area (Å²) in [4.78, 5) is 14.6. The molecule has 0 atom stereocenters. The van der Waals surface area contributed by atoms with Gasteiger partial charge in [-0.15, -0.1) is 0 Å². The first-order valence-electron chi connectivity index (χ1n) is 10.6. The normalized spacial score (nSPS) is 10.9. The van der Waals surface area contributed by atoms with Crippen LogP contribution in [-0.2, 0) is 10.0 Å². The van der Waals surface area contributed by atoms with Crippen molar-refractivity contribution in [3.8, 4) is 6.07 Å². The molecule has 0 aliphatic rings. The van der Waals surface area contributed by atoms with Gasteiger partial charge in [-0.25, -0.2) is 8.42 Å². The molecule has 0 heterocycles. The van der Waals surface area contributed by atoms with Crippen LogP contribution in [0.15, 0.2) is 118 Å². The van der Waals surface area contributed by atoms with Crippen LogP contribution in [0.3, 0.4) is 0 Å². The lowest BCUT2D eigenvalue weighted by Crippen LogP contribution is -2.26. The molecule has 0 fully saturated rings. The Morgan fingerprint density at radius 1 is 0.857 bits per heavy atom. The van der Waals surface area contributed by atoms with Gasteiger partial charge >= 0.3 is 0 Å². The second-order valence-corrected chi connectivity index (χ2v) is 10.5. The maximum atomic E-state index is 13.1. The molecule has 0 aromatic heterocycles. The van der Waals surface area contributed by atoms with Crippen LogP contribution < -0.4 is 9.62 Å². The van der Waals surface area contributed by atoms with Gasteiger partial charge < -0.3 is 5.32 Å². The number of amides is 1. The number of hydrogen-bond acceptors (Lipinski definition) is 5. The van der Waals surface area contributed by atoms with Crippen molar-refractivity contribution in [3.63, 3.8) is 0 Å². The fraction of sp³-hybridized carbons (Fsp3) is 0.0370. The zero-order valence-corrected chi connectivity index (χ0v) is 20.4. The quantitative estimate of drug-likeness (QED) is 0.348. The van der Waals surface area contributed by atoms with Crippen LogP contribution in [-0.4, -0.2) is 21.4 Å². The summed E-state index contributed by atoms with van der Waals surface area (Å²) in [5.74, 6) is -0.381. The number of carbonyl (C=O) groups is 1. The molecule has 0 radical (unpaired) electrons. The van der Waals surface area contributed by atoms with Crippen molar-refractivity contribution in [1.29, 1.82) is 5.26 Å². The van der Waals surface area contributed by atoms with Crippen molar-refractivity contribution >= 4 is 39.1 Å². The molecule has 0 saturated heterocycles. The largest absolute Gasteiger partial charge is 0.322 e. The Kier molecular flexibility index (Phi) is 7.20. The molecule has 0 spiro atoms. The third-order valence-electron chi connectivity index (χ3n) is 5.23. The SMILES string of the molecule is CN(c1ccccc1)S(=O)(=O)c1cccc(NC(=O)c2ccccc2Sc2ccccc2C#N)c1.